The number of nitrogens with zero attached hydrogens (tertiary/aromatic N) is 1. The molecule has 1 rings (SSSR count). The molecule has 0 aromatic carbocycles. The first-order valence-corrected chi connectivity index (χ1v) is 6.11. The highest BCUT2D eigenvalue weighted by Crippen LogP contribution is 2.16. The lowest BCUT2D eigenvalue weighted by atomic mass is 10.0. The summed E-state index contributed by atoms with van der Waals surface area (Å²) in [4.78, 5) is 3.99. The third kappa shape index (κ3) is 4.71. The second-order valence-corrected chi connectivity index (χ2v) is 4.21. The minimum absolute atomic E-state index is 0.0535. The molecular formula is C13H21FN2. The zero-order chi connectivity index (χ0) is 11.8. The molecule has 1 unspecified atom stereocenters. The maximum atomic E-state index is 12.6. The Labute approximate surface area is 97.1 Å². The van der Waals surface area contributed by atoms with Crippen LogP contribution in [0.4, 0.5) is 4.39 Å². The van der Waals surface area contributed by atoms with Gasteiger partial charge in [-0.15, -0.1) is 0 Å². The van der Waals surface area contributed by atoms with Gasteiger partial charge in [0, 0.05) is 6.04 Å². The van der Waals surface area contributed by atoms with Gasteiger partial charge in [-0.05, 0) is 18.6 Å². The molecule has 2 N–H and O–H groups in total. The smallest absolute Gasteiger partial charge is 0.141 e. The molecule has 3 heteroatoms. The Morgan fingerprint density at radius 1 is 1.25 bits per heavy atom. The Kier molecular flexibility index (Phi) is 6.01. The van der Waals surface area contributed by atoms with Crippen LogP contribution in [-0.2, 0) is 0 Å². The lowest BCUT2D eigenvalue weighted by Gasteiger charge is -2.10. The van der Waals surface area contributed by atoms with Crippen molar-refractivity contribution >= 4 is 0 Å². The van der Waals surface area contributed by atoms with E-state index in [1.54, 1.807) is 6.07 Å². The third-order valence-electron chi connectivity index (χ3n) is 2.75. The molecule has 0 amide bonds. The van der Waals surface area contributed by atoms with Gasteiger partial charge >= 0.3 is 0 Å². The van der Waals surface area contributed by atoms with Crippen LogP contribution in [0.1, 0.15) is 57.2 Å². The second-order valence-electron chi connectivity index (χ2n) is 4.21. The third-order valence-corrected chi connectivity index (χ3v) is 2.75. The van der Waals surface area contributed by atoms with Gasteiger partial charge < -0.3 is 5.73 Å². The molecule has 0 aliphatic carbocycles. The summed E-state index contributed by atoms with van der Waals surface area (Å²) in [5.74, 6) is -0.307. The average molecular weight is 224 g/mol. The topological polar surface area (TPSA) is 38.9 Å². The van der Waals surface area contributed by atoms with E-state index in [4.69, 9.17) is 5.73 Å². The van der Waals surface area contributed by atoms with E-state index in [1.165, 1.54) is 37.9 Å². The Balaban J connectivity index is 2.24. The summed E-state index contributed by atoms with van der Waals surface area (Å²) in [5, 5.41) is 0. The van der Waals surface area contributed by atoms with E-state index in [2.05, 4.69) is 11.9 Å². The molecule has 90 valence electrons. The molecule has 0 aliphatic heterocycles. The first-order valence-electron chi connectivity index (χ1n) is 6.11. The Morgan fingerprint density at radius 3 is 2.62 bits per heavy atom. The molecule has 16 heavy (non-hydrogen) atoms. The predicted octanol–water partition coefficient (Wildman–Crippen LogP) is 3.58. The minimum atomic E-state index is -0.307. The average Bonchev–Trinajstić information content (AvgIpc) is 2.29. The number of rotatable bonds is 7. The van der Waals surface area contributed by atoms with Gasteiger partial charge in [-0.25, -0.2) is 4.39 Å². The van der Waals surface area contributed by atoms with Crippen molar-refractivity contribution in [2.24, 2.45) is 5.73 Å². The highest BCUT2D eigenvalue weighted by Gasteiger charge is 2.06. The van der Waals surface area contributed by atoms with Crippen LogP contribution >= 0.6 is 0 Å². The maximum Gasteiger partial charge on any atom is 0.141 e. The number of pyridine rings is 1. The largest absolute Gasteiger partial charge is 0.323 e. The molecule has 0 spiro atoms. The van der Waals surface area contributed by atoms with E-state index < -0.39 is 0 Å². The van der Waals surface area contributed by atoms with Crippen molar-refractivity contribution in [3.8, 4) is 0 Å². The van der Waals surface area contributed by atoms with Crippen LogP contribution in [0.2, 0.25) is 0 Å². The lowest BCUT2D eigenvalue weighted by molar-refractivity contribution is 0.544. The zero-order valence-corrected chi connectivity index (χ0v) is 9.95. The van der Waals surface area contributed by atoms with Crippen LogP contribution in [0.5, 0.6) is 0 Å². The number of hydrogen-bond donors (Lipinski definition) is 1. The van der Waals surface area contributed by atoms with Gasteiger partial charge in [0.05, 0.1) is 11.9 Å². The molecule has 1 aromatic rings. The Hall–Kier alpha value is -0.960. The standard InChI is InChI=1S/C13H21FN2/c1-2-3-4-5-6-7-12(15)13-9-8-11(14)10-16-13/h8-10,12H,2-7,15H2,1H3. The Bertz CT molecular complexity index is 284. The summed E-state index contributed by atoms with van der Waals surface area (Å²) in [7, 11) is 0. The summed E-state index contributed by atoms with van der Waals surface area (Å²) < 4.78 is 12.6. The Morgan fingerprint density at radius 2 is 2.00 bits per heavy atom. The predicted molar refractivity (Wildman–Crippen MR) is 64.5 cm³/mol. The van der Waals surface area contributed by atoms with Crippen molar-refractivity contribution in [1.29, 1.82) is 0 Å². The molecule has 0 fully saturated rings. The van der Waals surface area contributed by atoms with Crippen LogP contribution in [0.25, 0.3) is 0 Å². The van der Waals surface area contributed by atoms with Crippen LogP contribution in [-0.4, -0.2) is 4.98 Å². The van der Waals surface area contributed by atoms with Gasteiger partial charge in [0.25, 0.3) is 0 Å². The van der Waals surface area contributed by atoms with Gasteiger partial charge in [-0.2, -0.15) is 0 Å². The van der Waals surface area contributed by atoms with Crippen LogP contribution in [0.3, 0.4) is 0 Å². The first-order chi connectivity index (χ1) is 7.74. The molecule has 1 aromatic heterocycles. The zero-order valence-electron chi connectivity index (χ0n) is 9.95. The normalized spacial score (nSPS) is 12.7. The van der Waals surface area contributed by atoms with Gasteiger partial charge in [0.1, 0.15) is 5.82 Å². The summed E-state index contributed by atoms with van der Waals surface area (Å²) in [6.07, 6.45) is 8.34. The number of halogens is 1. The minimum Gasteiger partial charge on any atom is -0.323 e. The number of nitrogens with two attached hydrogens (primary N) is 1. The fourth-order valence-corrected chi connectivity index (χ4v) is 1.72. The molecule has 0 saturated carbocycles. The van der Waals surface area contributed by atoms with Crippen molar-refractivity contribution in [3.63, 3.8) is 0 Å². The van der Waals surface area contributed by atoms with E-state index >= 15 is 0 Å². The van der Waals surface area contributed by atoms with Gasteiger partial charge in [0.15, 0.2) is 0 Å². The van der Waals surface area contributed by atoms with E-state index in [-0.39, 0.29) is 11.9 Å². The highest BCUT2D eigenvalue weighted by atomic mass is 19.1. The number of hydrogen-bond acceptors (Lipinski definition) is 2. The van der Waals surface area contributed by atoms with E-state index in [1.807, 2.05) is 0 Å². The monoisotopic (exact) mass is 224 g/mol. The van der Waals surface area contributed by atoms with Gasteiger partial charge in [0.2, 0.25) is 0 Å². The molecule has 0 radical (unpaired) electrons. The second kappa shape index (κ2) is 7.34. The van der Waals surface area contributed by atoms with Gasteiger partial charge in [-0.3, -0.25) is 4.98 Å². The van der Waals surface area contributed by atoms with Crippen molar-refractivity contribution in [1.82, 2.24) is 4.98 Å². The van der Waals surface area contributed by atoms with Crippen LogP contribution in [0.15, 0.2) is 18.3 Å². The summed E-state index contributed by atoms with van der Waals surface area (Å²) in [5.41, 5.74) is 6.76. The number of aromatic nitrogens is 1. The lowest BCUT2D eigenvalue weighted by Crippen LogP contribution is -2.11. The van der Waals surface area contributed by atoms with Crippen molar-refractivity contribution in [2.45, 2.75) is 51.5 Å². The summed E-state index contributed by atoms with van der Waals surface area (Å²) >= 11 is 0. The van der Waals surface area contributed by atoms with Crippen LogP contribution in [0, 0.1) is 5.82 Å². The number of unbranched alkanes of at least 4 members (excludes halogenated alkanes) is 4. The quantitative estimate of drug-likeness (QED) is 0.719. The molecule has 1 atom stereocenters. The highest BCUT2D eigenvalue weighted by molar-refractivity contribution is 5.09. The molecule has 2 nitrogen and oxygen atoms in total. The van der Waals surface area contributed by atoms with E-state index in [0.717, 1.165) is 18.5 Å². The maximum absolute atomic E-state index is 12.6. The SMILES string of the molecule is CCCCCCCC(N)c1ccc(F)cn1. The summed E-state index contributed by atoms with van der Waals surface area (Å²) in [6.45, 7) is 2.20. The van der Waals surface area contributed by atoms with Crippen molar-refractivity contribution < 1.29 is 4.39 Å². The molecule has 0 saturated heterocycles. The fourth-order valence-electron chi connectivity index (χ4n) is 1.72. The molecular weight excluding hydrogens is 203 g/mol. The summed E-state index contributed by atoms with van der Waals surface area (Å²) in [6, 6.07) is 3.04. The molecule has 0 bridgehead atoms. The first kappa shape index (κ1) is 13.1. The fraction of sp³-hybridized carbons (Fsp3) is 0.615. The van der Waals surface area contributed by atoms with Crippen molar-refractivity contribution in [2.75, 3.05) is 0 Å². The molecule has 0 aliphatic rings. The van der Waals surface area contributed by atoms with Crippen LogP contribution < -0.4 is 5.73 Å². The van der Waals surface area contributed by atoms with E-state index in [9.17, 15) is 4.39 Å². The van der Waals surface area contributed by atoms with Gasteiger partial charge in [-0.1, -0.05) is 39.0 Å². The van der Waals surface area contributed by atoms with E-state index in [0.29, 0.717) is 0 Å². The van der Waals surface area contributed by atoms with Crippen molar-refractivity contribution in [3.05, 3.63) is 29.8 Å². The molecule has 1 heterocycles.